The van der Waals surface area contributed by atoms with E-state index in [0.29, 0.717) is 0 Å². The number of anilines is 1. The van der Waals surface area contributed by atoms with Gasteiger partial charge >= 0.3 is 5.97 Å². The first kappa shape index (κ1) is 20.8. The molecule has 28 heavy (non-hydrogen) atoms. The Morgan fingerprint density at radius 3 is 2.43 bits per heavy atom. The number of likely N-dealkylation sites (N-methyl/N-ethyl adjacent to an activating group) is 1. The van der Waals surface area contributed by atoms with E-state index in [1.807, 2.05) is 16.8 Å². The van der Waals surface area contributed by atoms with Crippen molar-refractivity contribution in [2.45, 2.75) is 58.5 Å². The number of aliphatic carboxylic acids is 1. The van der Waals surface area contributed by atoms with Gasteiger partial charge in [-0.2, -0.15) is 0 Å². The van der Waals surface area contributed by atoms with E-state index in [4.69, 9.17) is 5.11 Å². The molecule has 1 aromatic carbocycles. The van der Waals surface area contributed by atoms with Gasteiger partial charge in [-0.25, -0.2) is 0 Å². The van der Waals surface area contributed by atoms with Crippen LogP contribution in [0.4, 0.5) is 5.69 Å². The molecule has 154 valence electrons. The lowest BCUT2D eigenvalue weighted by molar-refractivity contribution is -0.138. The third-order valence-electron chi connectivity index (χ3n) is 6.26. The Bertz CT molecular complexity index is 726. The minimum Gasteiger partial charge on any atom is -0.480 e. The summed E-state index contributed by atoms with van der Waals surface area (Å²) in [5, 5.41) is 9.04. The zero-order chi connectivity index (χ0) is 20.4. The summed E-state index contributed by atoms with van der Waals surface area (Å²) in [6, 6.07) is 4.52. The molecule has 2 atom stereocenters. The van der Waals surface area contributed by atoms with Crippen molar-refractivity contribution in [2.75, 3.05) is 38.1 Å². The topological polar surface area (TPSA) is 64.1 Å². The Morgan fingerprint density at radius 1 is 1.11 bits per heavy atom. The molecular weight excluding hydrogens is 354 g/mol. The van der Waals surface area contributed by atoms with Crippen molar-refractivity contribution in [1.82, 2.24) is 9.80 Å². The van der Waals surface area contributed by atoms with Crippen molar-refractivity contribution >= 4 is 17.6 Å². The Kier molecular flexibility index (Phi) is 6.40. The van der Waals surface area contributed by atoms with E-state index in [9.17, 15) is 9.59 Å². The van der Waals surface area contributed by atoms with Crippen molar-refractivity contribution in [3.63, 3.8) is 0 Å². The van der Waals surface area contributed by atoms with Crippen LogP contribution in [-0.2, 0) is 9.59 Å². The summed E-state index contributed by atoms with van der Waals surface area (Å²) in [4.78, 5) is 30.5. The van der Waals surface area contributed by atoms with Gasteiger partial charge in [-0.1, -0.05) is 17.7 Å². The molecule has 2 aliphatic heterocycles. The molecule has 2 fully saturated rings. The van der Waals surface area contributed by atoms with Gasteiger partial charge in [-0.3, -0.25) is 19.4 Å². The zero-order valence-electron chi connectivity index (χ0n) is 17.6. The number of carbonyl (C=O) groups excluding carboxylic acids is 1. The number of rotatable bonds is 5. The van der Waals surface area contributed by atoms with E-state index in [2.05, 4.69) is 37.8 Å². The number of carboxylic acids is 1. The van der Waals surface area contributed by atoms with Gasteiger partial charge in [-0.15, -0.1) is 0 Å². The van der Waals surface area contributed by atoms with Crippen LogP contribution in [0.3, 0.4) is 0 Å². The molecule has 1 N–H and O–H groups in total. The van der Waals surface area contributed by atoms with Gasteiger partial charge in [0.05, 0.1) is 12.6 Å². The van der Waals surface area contributed by atoms with Crippen LogP contribution in [-0.4, -0.2) is 72.1 Å². The Hall–Kier alpha value is -1.92. The first-order chi connectivity index (χ1) is 13.3. The maximum Gasteiger partial charge on any atom is 0.317 e. The second-order valence-corrected chi connectivity index (χ2v) is 8.47. The number of aryl methyl sites for hydroxylation is 3. The van der Waals surface area contributed by atoms with Gasteiger partial charge < -0.3 is 10.0 Å². The standard InChI is InChI=1S/C22H33N3O3/c1-15-12-16(2)21(17(3)13-15)25-11-8-19(22(25)28)24-9-5-6-18(7-10-24)23(4)14-20(26)27/h12-13,18-19H,5-11,14H2,1-4H3,(H,26,27). The van der Waals surface area contributed by atoms with Crippen LogP contribution in [0.1, 0.15) is 42.4 Å². The Labute approximate surface area is 168 Å². The van der Waals surface area contributed by atoms with E-state index in [-0.39, 0.29) is 24.5 Å². The normalized spacial score (nSPS) is 24.0. The predicted octanol–water partition coefficient (Wildman–Crippen LogP) is 2.59. The van der Waals surface area contributed by atoms with Crippen LogP contribution in [0.15, 0.2) is 12.1 Å². The third-order valence-corrected chi connectivity index (χ3v) is 6.26. The lowest BCUT2D eigenvalue weighted by Crippen LogP contribution is -2.43. The maximum absolute atomic E-state index is 13.3. The zero-order valence-corrected chi connectivity index (χ0v) is 17.6. The average Bonchev–Trinajstić information content (AvgIpc) is 2.81. The minimum atomic E-state index is -0.783. The van der Waals surface area contributed by atoms with Gasteiger partial charge in [0.2, 0.25) is 5.91 Å². The van der Waals surface area contributed by atoms with E-state index in [0.717, 1.165) is 62.1 Å². The molecule has 1 aromatic rings. The van der Waals surface area contributed by atoms with E-state index >= 15 is 0 Å². The van der Waals surface area contributed by atoms with E-state index in [1.54, 1.807) is 0 Å². The second kappa shape index (κ2) is 8.62. The first-order valence-corrected chi connectivity index (χ1v) is 10.3. The molecule has 0 saturated carbocycles. The third kappa shape index (κ3) is 4.39. The summed E-state index contributed by atoms with van der Waals surface area (Å²) in [5.41, 5.74) is 4.63. The fourth-order valence-corrected chi connectivity index (χ4v) is 5.02. The molecule has 2 saturated heterocycles. The Morgan fingerprint density at radius 2 is 1.79 bits per heavy atom. The van der Waals surface area contributed by atoms with E-state index < -0.39 is 5.97 Å². The van der Waals surface area contributed by atoms with E-state index in [1.165, 1.54) is 5.56 Å². The summed E-state index contributed by atoms with van der Waals surface area (Å²) in [6.07, 6.45) is 3.76. The molecule has 3 rings (SSSR count). The number of carboxylic acid groups (broad SMARTS) is 1. The highest BCUT2D eigenvalue weighted by Crippen LogP contribution is 2.32. The molecule has 0 radical (unpaired) electrons. The quantitative estimate of drug-likeness (QED) is 0.841. The maximum atomic E-state index is 13.3. The van der Waals surface area contributed by atoms with Crippen LogP contribution >= 0.6 is 0 Å². The van der Waals surface area contributed by atoms with Gasteiger partial charge in [0.25, 0.3) is 0 Å². The monoisotopic (exact) mass is 387 g/mol. The van der Waals surface area contributed by atoms with Crippen LogP contribution < -0.4 is 4.90 Å². The average molecular weight is 388 g/mol. The number of benzene rings is 1. The SMILES string of the molecule is Cc1cc(C)c(N2CCC(N3CCCC(N(C)CC(=O)O)CC3)C2=O)c(C)c1. The summed E-state index contributed by atoms with van der Waals surface area (Å²) in [6.45, 7) is 8.88. The molecule has 6 heteroatoms. The first-order valence-electron chi connectivity index (χ1n) is 10.3. The summed E-state index contributed by atoms with van der Waals surface area (Å²) < 4.78 is 0. The molecule has 0 spiro atoms. The molecule has 6 nitrogen and oxygen atoms in total. The van der Waals surface area contributed by atoms with Gasteiger partial charge in [0.15, 0.2) is 0 Å². The smallest absolute Gasteiger partial charge is 0.317 e. The predicted molar refractivity (Wildman–Crippen MR) is 111 cm³/mol. The lowest BCUT2D eigenvalue weighted by atomic mass is 10.0. The Balaban J connectivity index is 1.68. The molecule has 2 aliphatic rings. The fourth-order valence-electron chi connectivity index (χ4n) is 5.02. The summed E-state index contributed by atoms with van der Waals surface area (Å²) >= 11 is 0. The molecule has 2 unspecified atom stereocenters. The molecule has 0 aliphatic carbocycles. The van der Waals surface area contributed by atoms with Crippen molar-refractivity contribution in [1.29, 1.82) is 0 Å². The summed E-state index contributed by atoms with van der Waals surface area (Å²) in [5.74, 6) is -0.568. The molecule has 1 amide bonds. The number of nitrogens with zero attached hydrogens (tertiary/aromatic N) is 3. The van der Waals surface area contributed by atoms with Gasteiger partial charge in [0.1, 0.15) is 0 Å². The van der Waals surface area contributed by atoms with Crippen molar-refractivity contribution in [3.8, 4) is 0 Å². The highest BCUT2D eigenvalue weighted by molar-refractivity contribution is 6.00. The molecule has 2 heterocycles. The van der Waals surface area contributed by atoms with Crippen molar-refractivity contribution in [3.05, 3.63) is 28.8 Å². The molecular formula is C22H33N3O3. The van der Waals surface area contributed by atoms with Crippen molar-refractivity contribution < 1.29 is 14.7 Å². The van der Waals surface area contributed by atoms with Crippen LogP contribution in [0.5, 0.6) is 0 Å². The number of hydrogen-bond acceptors (Lipinski definition) is 4. The number of amides is 1. The van der Waals surface area contributed by atoms with Crippen LogP contribution in [0, 0.1) is 20.8 Å². The minimum absolute atomic E-state index is 0.0522. The number of likely N-dealkylation sites (tertiary alicyclic amines) is 1. The largest absolute Gasteiger partial charge is 0.480 e. The highest BCUT2D eigenvalue weighted by atomic mass is 16.4. The second-order valence-electron chi connectivity index (χ2n) is 8.47. The van der Waals surface area contributed by atoms with Gasteiger partial charge in [-0.05, 0) is 71.2 Å². The molecule has 0 aromatic heterocycles. The number of hydrogen-bond donors (Lipinski definition) is 1. The van der Waals surface area contributed by atoms with Crippen molar-refractivity contribution in [2.24, 2.45) is 0 Å². The summed E-state index contributed by atoms with van der Waals surface area (Å²) in [7, 11) is 1.89. The lowest BCUT2D eigenvalue weighted by Gasteiger charge is -2.28. The fraction of sp³-hybridized carbons (Fsp3) is 0.636. The van der Waals surface area contributed by atoms with Crippen LogP contribution in [0.2, 0.25) is 0 Å². The molecule has 0 bridgehead atoms. The van der Waals surface area contributed by atoms with Gasteiger partial charge in [0, 0.05) is 24.8 Å². The highest BCUT2D eigenvalue weighted by Gasteiger charge is 2.38. The van der Waals surface area contributed by atoms with Crippen LogP contribution in [0.25, 0.3) is 0 Å². The number of carbonyl (C=O) groups is 2.